The SMILES string of the molecule is CC(c1nnn[nH]1)n1ncc2c(N3CC[C@H](O)C3)nc(C(C)(C)C)nc21. The minimum Gasteiger partial charge on any atom is -0.391 e. The normalized spacial score (nSPS) is 19.4. The van der Waals surface area contributed by atoms with Gasteiger partial charge in [0.05, 0.1) is 17.7 Å². The molecule has 2 N–H and O–H groups in total. The van der Waals surface area contributed by atoms with E-state index in [2.05, 4.69) is 51.4 Å². The molecule has 1 fully saturated rings. The van der Waals surface area contributed by atoms with Crippen molar-refractivity contribution in [1.29, 1.82) is 0 Å². The number of tetrazole rings is 1. The number of nitrogens with zero attached hydrogens (tertiary/aromatic N) is 8. The third-order valence-electron chi connectivity index (χ3n) is 4.69. The number of aliphatic hydroxyl groups excluding tert-OH is 1. The Balaban J connectivity index is 1.88. The molecule has 26 heavy (non-hydrogen) atoms. The van der Waals surface area contributed by atoms with E-state index in [9.17, 15) is 5.11 Å². The first-order chi connectivity index (χ1) is 12.3. The smallest absolute Gasteiger partial charge is 0.173 e. The molecule has 1 unspecified atom stereocenters. The van der Waals surface area contributed by atoms with Crippen LogP contribution in [0.4, 0.5) is 5.82 Å². The highest BCUT2D eigenvalue weighted by Crippen LogP contribution is 2.31. The molecule has 0 spiro atoms. The van der Waals surface area contributed by atoms with Crippen molar-refractivity contribution >= 4 is 16.9 Å². The van der Waals surface area contributed by atoms with Crippen LogP contribution in [0.2, 0.25) is 0 Å². The van der Waals surface area contributed by atoms with Crippen LogP contribution >= 0.6 is 0 Å². The van der Waals surface area contributed by atoms with Crippen molar-refractivity contribution in [3.8, 4) is 0 Å². The second-order valence-electron chi connectivity index (χ2n) is 7.80. The van der Waals surface area contributed by atoms with Gasteiger partial charge in [0.1, 0.15) is 17.7 Å². The highest BCUT2D eigenvalue weighted by Gasteiger charge is 2.29. The number of nitrogens with one attached hydrogen (secondary N) is 1. The van der Waals surface area contributed by atoms with Crippen molar-refractivity contribution in [2.75, 3.05) is 18.0 Å². The summed E-state index contributed by atoms with van der Waals surface area (Å²) >= 11 is 0. The Kier molecular flexibility index (Phi) is 3.87. The van der Waals surface area contributed by atoms with E-state index >= 15 is 0 Å². The summed E-state index contributed by atoms with van der Waals surface area (Å²) in [5.41, 5.74) is 0.526. The van der Waals surface area contributed by atoms with Gasteiger partial charge in [-0.25, -0.2) is 19.7 Å². The van der Waals surface area contributed by atoms with E-state index in [-0.39, 0.29) is 17.6 Å². The molecule has 0 amide bonds. The Labute approximate surface area is 150 Å². The molecule has 10 heteroatoms. The molecule has 4 heterocycles. The van der Waals surface area contributed by atoms with E-state index in [0.29, 0.717) is 12.4 Å². The van der Waals surface area contributed by atoms with Crippen LogP contribution in [0.3, 0.4) is 0 Å². The van der Waals surface area contributed by atoms with E-state index < -0.39 is 0 Å². The summed E-state index contributed by atoms with van der Waals surface area (Å²) in [6.45, 7) is 9.56. The quantitative estimate of drug-likeness (QED) is 0.706. The number of fused-ring (bicyclic) bond motifs is 1. The van der Waals surface area contributed by atoms with Gasteiger partial charge in [0.25, 0.3) is 0 Å². The molecule has 3 aromatic rings. The number of anilines is 1. The summed E-state index contributed by atoms with van der Waals surface area (Å²) in [7, 11) is 0. The van der Waals surface area contributed by atoms with Crippen molar-refractivity contribution < 1.29 is 5.11 Å². The van der Waals surface area contributed by atoms with Gasteiger partial charge in [-0.3, -0.25) is 0 Å². The lowest BCUT2D eigenvalue weighted by Gasteiger charge is -2.22. The minimum atomic E-state index is -0.327. The molecule has 138 valence electrons. The molecule has 0 bridgehead atoms. The summed E-state index contributed by atoms with van der Waals surface area (Å²) in [6, 6.07) is -0.192. The molecule has 1 aliphatic heterocycles. The zero-order valence-electron chi connectivity index (χ0n) is 15.4. The molecular weight excluding hydrogens is 334 g/mol. The van der Waals surface area contributed by atoms with Gasteiger partial charge >= 0.3 is 0 Å². The summed E-state index contributed by atoms with van der Waals surface area (Å²) in [6.07, 6.45) is 2.19. The Morgan fingerprint density at radius 2 is 2.12 bits per heavy atom. The molecule has 1 saturated heterocycles. The second-order valence-corrected chi connectivity index (χ2v) is 7.80. The maximum Gasteiger partial charge on any atom is 0.173 e. The van der Waals surface area contributed by atoms with Crippen LogP contribution in [0.15, 0.2) is 6.20 Å². The molecule has 0 aromatic carbocycles. The fourth-order valence-electron chi connectivity index (χ4n) is 3.16. The predicted octanol–water partition coefficient (Wildman–Crippen LogP) is 0.817. The Morgan fingerprint density at radius 3 is 2.73 bits per heavy atom. The van der Waals surface area contributed by atoms with Crippen molar-refractivity contribution in [1.82, 2.24) is 40.4 Å². The number of aromatic nitrogens is 8. The number of aromatic amines is 1. The van der Waals surface area contributed by atoms with E-state index in [1.54, 1.807) is 6.20 Å². The number of hydrogen-bond donors (Lipinski definition) is 2. The van der Waals surface area contributed by atoms with Gasteiger partial charge in [-0.1, -0.05) is 20.8 Å². The van der Waals surface area contributed by atoms with Gasteiger partial charge in [-0.05, 0) is 23.8 Å². The van der Waals surface area contributed by atoms with Crippen molar-refractivity contribution in [3.05, 3.63) is 17.8 Å². The van der Waals surface area contributed by atoms with Gasteiger partial charge in [0, 0.05) is 18.5 Å². The first-order valence-electron chi connectivity index (χ1n) is 8.77. The van der Waals surface area contributed by atoms with Crippen LogP contribution in [-0.2, 0) is 5.41 Å². The average Bonchev–Trinajstić information content (AvgIpc) is 3.32. The largest absolute Gasteiger partial charge is 0.391 e. The third kappa shape index (κ3) is 2.79. The fourth-order valence-corrected chi connectivity index (χ4v) is 3.16. The van der Waals surface area contributed by atoms with Crippen LogP contribution in [-0.4, -0.2) is 64.7 Å². The predicted molar refractivity (Wildman–Crippen MR) is 94.9 cm³/mol. The van der Waals surface area contributed by atoms with Crippen LogP contribution in [0.25, 0.3) is 11.0 Å². The number of rotatable bonds is 3. The van der Waals surface area contributed by atoms with Gasteiger partial charge in [0.2, 0.25) is 0 Å². The van der Waals surface area contributed by atoms with E-state index in [0.717, 1.165) is 35.6 Å². The lowest BCUT2D eigenvalue weighted by atomic mass is 9.95. The molecule has 0 radical (unpaired) electrons. The zero-order chi connectivity index (χ0) is 18.5. The van der Waals surface area contributed by atoms with Gasteiger partial charge in [-0.15, -0.1) is 5.10 Å². The molecule has 4 rings (SSSR count). The summed E-state index contributed by atoms with van der Waals surface area (Å²) in [4.78, 5) is 11.7. The Bertz CT molecular complexity index is 912. The number of hydrogen-bond acceptors (Lipinski definition) is 8. The standard InChI is InChI=1S/C16H23N9O/c1-9(12-20-22-23-21-12)25-14-11(7-17-25)13(24-6-5-10(26)8-24)18-15(19-14)16(2,3)4/h7,9-10,26H,5-6,8H2,1-4H3,(H,20,21,22,23)/t9?,10-/m0/s1. The maximum atomic E-state index is 9.95. The fraction of sp³-hybridized carbons (Fsp3) is 0.625. The maximum absolute atomic E-state index is 9.95. The second kappa shape index (κ2) is 5.97. The number of aliphatic hydroxyl groups is 1. The summed E-state index contributed by atoms with van der Waals surface area (Å²) in [5, 5.41) is 29.4. The first kappa shape index (κ1) is 16.8. The van der Waals surface area contributed by atoms with Crippen LogP contribution in [0.1, 0.15) is 51.8 Å². The molecule has 0 saturated carbocycles. The lowest BCUT2D eigenvalue weighted by molar-refractivity contribution is 0.198. The monoisotopic (exact) mass is 357 g/mol. The molecular formula is C16H23N9O. The van der Waals surface area contributed by atoms with E-state index in [4.69, 9.17) is 9.97 Å². The summed E-state index contributed by atoms with van der Waals surface area (Å²) < 4.78 is 1.81. The third-order valence-corrected chi connectivity index (χ3v) is 4.69. The molecule has 0 aliphatic carbocycles. The first-order valence-corrected chi connectivity index (χ1v) is 8.77. The lowest BCUT2D eigenvalue weighted by Crippen LogP contribution is -2.25. The highest BCUT2D eigenvalue weighted by atomic mass is 16.3. The topological polar surface area (TPSA) is 122 Å². The number of H-pyrrole nitrogens is 1. The number of β-amino-alcohol motifs (C(OH)–C–C–N with tert-alkyl or cyclic N) is 1. The Hall–Kier alpha value is -2.62. The average molecular weight is 357 g/mol. The van der Waals surface area contributed by atoms with Crippen LogP contribution < -0.4 is 4.90 Å². The van der Waals surface area contributed by atoms with Gasteiger partial charge < -0.3 is 10.0 Å². The van der Waals surface area contributed by atoms with E-state index in [1.807, 2.05) is 11.6 Å². The van der Waals surface area contributed by atoms with Gasteiger partial charge in [-0.2, -0.15) is 5.10 Å². The Morgan fingerprint density at radius 1 is 1.31 bits per heavy atom. The zero-order valence-corrected chi connectivity index (χ0v) is 15.4. The van der Waals surface area contributed by atoms with Crippen LogP contribution in [0, 0.1) is 0 Å². The highest BCUT2D eigenvalue weighted by molar-refractivity contribution is 5.87. The molecule has 2 atom stereocenters. The minimum absolute atomic E-state index is 0.192. The van der Waals surface area contributed by atoms with Crippen LogP contribution in [0.5, 0.6) is 0 Å². The molecule has 1 aliphatic rings. The van der Waals surface area contributed by atoms with Crippen molar-refractivity contribution in [2.45, 2.75) is 51.7 Å². The molecule has 3 aromatic heterocycles. The van der Waals surface area contributed by atoms with Gasteiger partial charge in [0.15, 0.2) is 11.5 Å². The molecule has 10 nitrogen and oxygen atoms in total. The van der Waals surface area contributed by atoms with Crippen molar-refractivity contribution in [2.24, 2.45) is 0 Å². The summed E-state index contributed by atoms with van der Waals surface area (Å²) in [5.74, 6) is 2.18. The van der Waals surface area contributed by atoms with E-state index in [1.165, 1.54) is 0 Å². The van der Waals surface area contributed by atoms with Crippen molar-refractivity contribution in [3.63, 3.8) is 0 Å².